The van der Waals surface area contributed by atoms with Crippen molar-refractivity contribution in [3.05, 3.63) is 22.9 Å². The molecule has 0 saturated carbocycles. The van der Waals surface area contributed by atoms with Crippen molar-refractivity contribution in [3.8, 4) is 0 Å². The number of carboxylic acid groups (broad SMARTS) is 1. The van der Waals surface area contributed by atoms with E-state index in [1.807, 2.05) is 0 Å². The molecule has 1 aromatic rings. The molecule has 0 spiro atoms. The molecule has 0 aliphatic rings. The molecule has 0 bridgehead atoms. The number of aromatic nitrogens is 1. The second kappa shape index (κ2) is 3.95. The van der Waals surface area contributed by atoms with E-state index in [0.717, 1.165) is 0 Å². The highest BCUT2D eigenvalue weighted by atomic mass is 16.4. The van der Waals surface area contributed by atoms with Crippen LogP contribution in [0.4, 0.5) is 5.82 Å². The summed E-state index contributed by atoms with van der Waals surface area (Å²) < 4.78 is 0. The van der Waals surface area contributed by atoms with Crippen LogP contribution in [0.25, 0.3) is 0 Å². The lowest BCUT2D eigenvalue weighted by molar-refractivity contribution is 0.0695. The number of pyridine rings is 1. The Kier molecular flexibility index (Phi) is 2.89. The van der Waals surface area contributed by atoms with E-state index in [1.165, 1.54) is 6.07 Å². The molecule has 6 heteroatoms. The Morgan fingerprint density at radius 3 is 2.47 bits per heavy atom. The Balaban J connectivity index is 3.43. The lowest BCUT2D eigenvalue weighted by Crippen LogP contribution is -2.17. The van der Waals surface area contributed by atoms with Gasteiger partial charge in [0.1, 0.15) is 5.82 Å². The minimum Gasteiger partial charge on any atom is -0.478 e. The number of nitrogens with one attached hydrogen (secondary N) is 1. The van der Waals surface area contributed by atoms with Gasteiger partial charge in [0, 0.05) is 7.05 Å². The number of nitrogens with zero attached hydrogens (tertiary/aromatic N) is 1. The number of aryl methyl sites for hydroxylation is 1. The van der Waals surface area contributed by atoms with Crippen LogP contribution in [0.2, 0.25) is 0 Å². The van der Waals surface area contributed by atoms with Crippen LogP contribution in [0.3, 0.4) is 0 Å². The van der Waals surface area contributed by atoms with Gasteiger partial charge in [0.05, 0.1) is 16.8 Å². The minimum atomic E-state index is -1.13. The zero-order valence-electron chi connectivity index (χ0n) is 8.37. The van der Waals surface area contributed by atoms with E-state index in [9.17, 15) is 9.59 Å². The average Bonchev–Trinajstić information content (AvgIpc) is 2.16. The van der Waals surface area contributed by atoms with Gasteiger partial charge in [-0.2, -0.15) is 0 Å². The molecule has 1 heterocycles. The molecule has 0 radical (unpaired) electrons. The molecule has 1 amide bonds. The van der Waals surface area contributed by atoms with Crippen molar-refractivity contribution in [2.75, 3.05) is 12.4 Å². The van der Waals surface area contributed by atoms with Crippen molar-refractivity contribution in [2.45, 2.75) is 6.92 Å². The summed E-state index contributed by atoms with van der Waals surface area (Å²) in [6.45, 7) is 1.55. The zero-order chi connectivity index (χ0) is 11.6. The predicted octanol–water partition coefficient (Wildman–Crippen LogP) is 0.229. The van der Waals surface area contributed by atoms with Crippen LogP contribution in [0.15, 0.2) is 6.07 Å². The molecule has 0 aliphatic heterocycles. The monoisotopic (exact) mass is 209 g/mol. The molecule has 0 aliphatic carbocycles. The van der Waals surface area contributed by atoms with Crippen LogP contribution < -0.4 is 11.1 Å². The van der Waals surface area contributed by atoms with Gasteiger partial charge in [0.2, 0.25) is 0 Å². The van der Waals surface area contributed by atoms with Crippen LogP contribution in [0, 0.1) is 6.92 Å². The molecule has 0 unspecified atom stereocenters. The molecule has 15 heavy (non-hydrogen) atoms. The van der Waals surface area contributed by atoms with Crippen LogP contribution in [0.1, 0.15) is 26.4 Å². The molecule has 6 nitrogen and oxygen atoms in total. The summed E-state index contributed by atoms with van der Waals surface area (Å²) in [5, 5.41) is 11.5. The number of primary amides is 1. The number of hydrogen-bond donors (Lipinski definition) is 3. The first-order valence-corrected chi connectivity index (χ1v) is 4.20. The highest BCUT2D eigenvalue weighted by molar-refractivity contribution is 6.00. The lowest BCUT2D eigenvalue weighted by Gasteiger charge is -2.08. The highest BCUT2D eigenvalue weighted by Gasteiger charge is 2.16. The summed E-state index contributed by atoms with van der Waals surface area (Å²) in [7, 11) is 1.58. The van der Waals surface area contributed by atoms with Gasteiger partial charge in [-0.15, -0.1) is 0 Å². The quantitative estimate of drug-likeness (QED) is 0.660. The second-order valence-electron chi connectivity index (χ2n) is 2.94. The number of amides is 1. The summed E-state index contributed by atoms with van der Waals surface area (Å²) >= 11 is 0. The molecule has 4 N–H and O–H groups in total. The third-order valence-corrected chi connectivity index (χ3v) is 1.95. The summed E-state index contributed by atoms with van der Waals surface area (Å²) in [5.74, 6) is -1.57. The Labute approximate surface area is 86.1 Å². The maximum atomic E-state index is 11.0. The Hall–Kier alpha value is -2.11. The van der Waals surface area contributed by atoms with Gasteiger partial charge >= 0.3 is 5.97 Å². The van der Waals surface area contributed by atoms with Crippen molar-refractivity contribution in [1.29, 1.82) is 0 Å². The molecule has 0 fully saturated rings. The van der Waals surface area contributed by atoms with Crippen molar-refractivity contribution < 1.29 is 14.7 Å². The summed E-state index contributed by atoms with van der Waals surface area (Å²) in [5.41, 5.74) is 5.47. The first-order chi connectivity index (χ1) is 6.97. The van der Waals surface area contributed by atoms with Crippen LogP contribution in [-0.2, 0) is 0 Å². The van der Waals surface area contributed by atoms with Gasteiger partial charge in [-0.25, -0.2) is 9.78 Å². The first-order valence-electron chi connectivity index (χ1n) is 4.20. The van der Waals surface area contributed by atoms with Gasteiger partial charge in [0.15, 0.2) is 0 Å². The number of rotatable bonds is 3. The Morgan fingerprint density at radius 2 is 2.07 bits per heavy atom. The largest absolute Gasteiger partial charge is 0.478 e. The van der Waals surface area contributed by atoms with Gasteiger partial charge < -0.3 is 16.2 Å². The van der Waals surface area contributed by atoms with E-state index in [2.05, 4.69) is 10.3 Å². The number of aromatic carboxylic acids is 1. The van der Waals surface area contributed by atoms with Gasteiger partial charge in [0.25, 0.3) is 5.91 Å². The first kappa shape index (κ1) is 11.0. The standard InChI is InChI=1S/C9H11N3O3/c1-4-5(9(14)15)3-6(7(10)13)8(11-2)12-4/h3H,1-2H3,(H2,10,13)(H,11,12)(H,14,15). The topological polar surface area (TPSA) is 105 Å². The van der Waals surface area contributed by atoms with E-state index < -0.39 is 11.9 Å². The zero-order valence-corrected chi connectivity index (χ0v) is 8.37. The predicted molar refractivity (Wildman–Crippen MR) is 54.0 cm³/mol. The number of hydrogen-bond acceptors (Lipinski definition) is 4. The maximum absolute atomic E-state index is 11.0. The summed E-state index contributed by atoms with van der Waals surface area (Å²) in [4.78, 5) is 25.7. The molecule has 0 saturated heterocycles. The Bertz CT molecular complexity index is 429. The second-order valence-corrected chi connectivity index (χ2v) is 2.94. The number of carbonyl (C=O) groups excluding carboxylic acids is 1. The molecular weight excluding hydrogens is 198 g/mol. The average molecular weight is 209 g/mol. The number of anilines is 1. The molecule has 1 rings (SSSR count). The van der Waals surface area contributed by atoms with E-state index in [1.54, 1.807) is 14.0 Å². The van der Waals surface area contributed by atoms with E-state index in [0.29, 0.717) is 5.69 Å². The van der Waals surface area contributed by atoms with Crippen molar-refractivity contribution in [1.82, 2.24) is 4.98 Å². The Morgan fingerprint density at radius 1 is 1.47 bits per heavy atom. The fourth-order valence-corrected chi connectivity index (χ4v) is 1.20. The number of carboxylic acids is 1. The van der Waals surface area contributed by atoms with Gasteiger partial charge in [-0.05, 0) is 13.0 Å². The summed E-state index contributed by atoms with van der Waals surface area (Å²) in [6.07, 6.45) is 0. The van der Waals surface area contributed by atoms with Crippen molar-refractivity contribution in [2.24, 2.45) is 5.73 Å². The van der Waals surface area contributed by atoms with Crippen LogP contribution >= 0.6 is 0 Å². The SMILES string of the molecule is CNc1nc(C)c(C(=O)O)cc1C(N)=O. The molecule has 0 atom stereocenters. The minimum absolute atomic E-state index is 0.0252. The normalized spacial score (nSPS) is 9.73. The van der Waals surface area contributed by atoms with Gasteiger partial charge in [-0.1, -0.05) is 0 Å². The fourth-order valence-electron chi connectivity index (χ4n) is 1.20. The van der Waals surface area contributed by atoms with Crippen LogP contribution in [-0.4, -0.2) is 29.0 Å². The molecule has 0 aromatic carbocycles. The molecule has 80 valence electrons. The number of nitrogens with two attached hydrogens (primary N) is 1. The molecular formula is C9H11N3O3. The maximum Gasteiger partial charge on any atom is 0.337 e. The third kappa shape index (κ3) is 2.04. The highest BCUT2D eigenvalue weighted by Crippen LogP contribution is 2.16. The molecule has 1 aromatic heterocycles. The lowest BCUT2D eigenvalue weighted by atomic mass is 10.1. The smallest absolute Gasteiger partial charge is 0.337 e. The van der Waals surface area contributed by atoms with E-state index >= 15 is 0 Å². The summed E-state index contributed by atoms with van der Waals surface area (Å²) in [6, 6.07) is 1.22. The van der Waals surface area contributed by atoms with E-state index in [-0.39, 0.29) is 16.9 Å². The van der Waals surface area contributed by atoms with Gasteiger partial charge in [-0.3, -0.25) is 4.79 Å². The number of carbonyl (C=O) groups is 2. The van der Waals surface area contributed by atoms with Crippen molar-refractivity contribution >= 4 is 17.7 Å². The third-order valence-electron chi connectivity index (χ3n) is 1.95. The van der Waals surface area contributed by atoms with Crippen LogP contribution in [0.5, 0.6) is 0 Å². The van der Waals surface area contributed by atoms with Crippen molar-refractivity contribution in [3.63, 3.8) is 0 Å². The van der Waals surface area contributed by atoms with E-state index in [4.69, 9.17) is 10.8 Å². The fraction of sp³-hybridized carbons (Fsp3) is 0.222.